The van der Waals surface area contributed by atoms with Gasteiger partial charge in [0.15, 0.2) is 12.2 Å². The number of unbranched alkanes of at least 4 members (excludes halogenated alkanes) is 40. The minimum atomic E-state index is -4.96. The number of hydrogen-bond donors (Lipinski definition) is 3. The first kappa shape index (κ1) is 94.1. The lowest BCUT2D eigenvalue weighted by Crippen LogP contribution is -2.30. The number of aliphatic hydroxyl groups excluding tert-OH is 1. The molecule has 0 aromatic rings. The maximum atomic E-state index is 13.1. The number of esters is 4. The number of carbonyl (C=O) groups is 4. The molecule has 570 valence electrons. The normalized spacial score (nSPS) is 14.1. The van der Waals surface area contributed by atoms with Crippen molar-refractivity contribution in [1.29, 1.82) is 0 Å². The van der Waals surface area contributed by atoms with Crippen LogP contribution in [0.15, 0.2) is 0 Å². The van der Waals surface area contributed by atoms with Crippen LogP contribution in [-0.2, 0) is 65.4 Å². The van der Waals surface area contributed by atoms with E-state index >= 15 is 0 Å². The molecule has 0 aliphatic heterocycles. The van der Waals surface area contributed by atoms with E-state index in [0.29, 0.717) is 25.7 Å². The molecule has 19 heteroatoms. The van der Waals surface area contributed by atoms with Gasteiger partial charge in [0.2, 0.25) is 0 Å². The lowest BCUT2D eigenvalue weighted by molar-refractivity contribution is -0.161. The van der Waals surface area contributed by atoms with Crippen molar-refractivity contribution in [2.45, 2.75) is 408 Å². The van der Waals surface area contributed by atoms with E-state index in [1.807, 2.05) is 0 Å². The predicted molar refractivity (Wildman–Crippen MR) is 391 cm³/mol. The molecule has 0 amide bonds. The number of rotatable bonds is 74. The van der Waals surface area contributed by atoms with Crippen molar-refractivity contribution < 1.29 is 80.2 Å². The molecule has 0 radical (unpaired) electrons. The Morgan fingerprint density at radius 1 is 0.260 bits per heavy atom. The van der Waals surface area contributed by atoms with E-state index < -0.39 is 97.5 Å². The molecule has 0 bridgehead atoms. The van der Waals surface area contributed by atoms with Crippen molar-refractivity contribution in [3.8, 4) is 0 Å². The van der Waals surface area contributed by atoms with Crippen LogP contribution in [0.4, 0.5) is 0 Å². The van der Waals surface area contributed by atoms with Gasteiger partial charge in [-0.2, -0.15) is 0 Å². The molecule has 0 aliphatic rings. The summed E-state index contributed by atoms with van der Waals surface area (Å²) in [7, 11) is -9.92. The highest BCUT2D eigenvalue weighted by molar-refractivity contribution is 7.47. The molecule has 0 rings (SSSR count). The van der Waals surface area contributed by atoms with Crippen LogP contribution in [-0.4, -0.2) is 96.7 Å². The molecular formula is C77H150O17P2. The zero-order valence-electron chi connectivity index (χ0n) is 63.0. The van der Waals surface area contributed by atoms with Gasteiger partial charge in [-0.05, 0) is 49.4 Å². The SMILES string of the molecule is CC(C)CCCCCCCCCCCCCCCCCC(=O)OC[C@H](COP(=O)(O)OCC(O)COP(=O)(O)OC[C@@H](COC(=O)CCCCCCCCCCC(C)C)OC(=O)CCCCCCCCCCCCC(C)C)OC(=O)CCCCCCCCCCCCCC(C)C. The second-order valence-corrected chi connectivity index (χ2v) is 32.6. The van der Waals surface area contributed by atoms with Gasteiger partial charge in [-0.25, -0.2) is 9.13 Å². The van der Waals surface area contributed by atoms with E-state index in [2.05, 4.69) is 55.4 Å². The summed E-state index contributed by atoms with van der Waals surface area (Å²) >= 11 is 0. The van der Waals surface area contributed by atoms with Crippen LogP contribution >= 0.6 is 15.6 Å². The van der Waals surface area contributed by atoms with Crippen LogP contribution in [0.1, 0.15) is 389 Å². The Morgan fingerprint density at radius 2 is 0.438 bits per heavy atom. The van der Waals surface area contributed by atoms with Gasteiger partial charge in [0, 0.05) is 25.7 Å². The van der Waals surface area contributed by atoms with Gasteiger partial charge in [-0.15, -0.1) is 0 Å². The molecule has 3 N–H and O–H groups in total. The second kappa shape index (κ2) is 66.3. The maximum absolute atomic E-state index is 13.1. The van der Waals surface area contributed by atoms with Gasteiger partial charge in [-0.3, -0.25) is 37.3 Å². The number of ether oxygens (including phenoxy) is 4. The lowest BCUT2D eigenvalue weighted by atomic mass is 10.0. The van der Waals surface area contributed by atoms with Crippen LogP contribution in [0.3, 0.4) is 0 Å². The smallest absolute Gasteiger partial charge is 0.462 e. The van der Waals surface area contributed by atoms with E-state index in [-0.39, 0.29) is 25.7 Å². The number of phosphoric acid groups is 2. The average Bonchev–Trinajstić information content (AvgIpc) is 1.12. The molecule has 0 spiro atoms. The quantitative estimate of drug-likeness (QED) is 0.0222. The largest absolute Gasteiger partial charge is 0.472 e. The maximum Gasteiger partial charge on any atom is 0.472 e. The third kappa shape index (κ3) is 70.5. The van der Waals surface area contributed by atoms with E-state index in [0.717, 1.165) is 114 Å². The number of hydrogen-bond acceptors (Lipinski definition) is 15. The Bertz CT molecular complexity index is 1880. The van der Waals surface area contributed by atoms with Crippen molar-refractivity contribution in [1.82, 2.24) is 0 Å². The molecule has 0 aliphatic carbocycles. The monoisotopic (exact) mass is 1410 g/mol. The van der Waals surface area contributed by atoms with Crippen molar-refractivity contribution in [3.05, 3.63) is 0 Å². The van der Waals surface area contributed by atoms with Gasteiger partial charge in [0.25, 0.3) is 0 Å². The molecule has 0 heterocycles. The molecule has 17 nitrogen and oxygen atoms in total. The summed E-state index contributed by atoms with van der Waals surface area (Å²) in [5, 5.41) is 10.6. The highest BCUT2D eigenvalue weighted by Gasteiger charge is 2.30. The van der Waals surface area contributed by atoms with Crippen molar-refractivity contribution in [2.24, 2.45) is 23.7 Å². The van der Waals surface area contributed by atoms with Gasteiger partial charge in [-0.1, -0.05) is 338 Å². The van der Waals surface area contributed by atoms with Gasteiger partial charge in [0.1, 0.15) is 19.3 Å². The standard InChI is InChI=1S/C77H150O17P2/c1-67(2)53-45-37-29-21-15-12-10-9-11-13-17-24-33-41-49-57-74(79)87-63-72(93-76(81)59-51-43-35-25-18-14-16-22-30-38-46-54-68(3)4)65-91-95(83,84)89-61-71(78)62-90-96(85,86)92-66-73(64-88-75(80)58-50-42-34-28-27-32-40-48-56-70(7)8)94-77(82)60-52-44-36-26-20-19-23-31-39-47-55-69(5)6/h67-73,78H,9-66H2,1-8H3,(H,83,84)(H,85,86)/t71?,72-,73-/m1/s1. The second-order valence-electron chi connectivity index (χ2n) is 29.7. The van der Waals surface area contributed by atoms with E-state index in [4.69, 9.17) is 37.0 Å². The first-order valence-electron chi connectivity index (χ1n) is 39.7. The summed E-state index contributed by atoms with van der Waals surface area (Å²) in [5.74, 6) is 0.930. The van der Waals surface area contributed by atoms with Crippen LogP contribution < -0.4 is 0 Å². The van der Waals surface area contributed by atoms with Gasteiger partial charge in [0.05, 0.1) is 26.4 Å². The van der Waals surface area contributed by atoms with Gasteiger partial charge < -0.3 is 33.8 Å². The zero-order valence-corrected chi connectivity index (χ0v) is 64.8. The Kier molecular flexibility index (Phi) is 65.0. The highest BCUT2D eigenvalue weighted by atomic mass is 31.2. The molecule has 0 aromatic carbocycles. The summed E-state index contributed by atoms with van der Waals surface area (Å²) in [6.45, 7) is 14.2. The Morgan fingerprint density at radius 3 is 0.646 bits per heavy atom. The van der Waals surface area contributed by atoms with E-state index in [1.165, 1.54) is 193 Å². The fraction of sp³-hybridized carbons (Fsp3) is 0.948. The summed E-state index contributed by atoms with van der Waals surface area (Å²) < 4.78 is 68.6. The Hall–Kier alpha value is -1.94. The van der Waals surface area contributed by atoms with E-state index in [1.54, 1.807) is 0 Å². The molecule has 5 atom stereocenters. The number of phosphoric ester groups is 2. The highest BCUT2D eigenvalue weighted by Crippen LogP contribution is 2.45. The fourth-order valence-electron chi connectivity index (χ4n) is 11.7. The summed E-state index contributed by atoms with van der Waals surface area (Å²) in [6, 6.07) is 0. The number of aliphatic hydroxyl groups is 1. The van der Waals surface area contributed by atoms with Crippen molar-refractivity contribution in [3.63, 3.8) is 0 Å². The van der Waals surface area contributed by atoms with Crippen LogP contribution in [0, 0.1) is 23.7 Å². The van der Waals surface area contributed by atoms with Gasteiger partial charge >= 0.3 is 39.5 Å². The van der Waals surface area contributed by atoms with E-state index in [9.17, 15) is 43.2 Å². The summed E-state index contributed by atoms with van der Waals surface area (Å²) in [4.78, 5) is 72.9. The summed E-state index contributed by atoms with van der Waals surface area (Å²) in [5.41, 5.74) is 0. The minimum absolute atomic E-state index is 0.105. The molecule has 0 fully saturated rings. The molecule has 0 saturated heterocycles. The first-order valence-corrected chi connectivity index (χ1v) is 42.7. The predicted octanol–water partition coefficient (Wildman–Crippen LogP) is 22.4. The summed E-state index contributed by atoms with van der Waals surface area (Å²) in [6.07, 6.45) is 51.3. The van der Waals surface area contributed by atoms with Crippen LogP contribution in [0.2, 0.25) is 0 Å². The fourth-order valence-corrected chi connectivity index (χ4v) is 13.3. The van der Waals surface area contributed by atoms with Crippen molar-refractivity contribution >= 4 is 39.5 Å². The topological polar surface area (TPSA) is 237 Å². The lowest BCUT2D eigenvalue weighted by Gasteiger charge is -2.21. The number of carbonyl (C=O) groups excluding carboxylic acids is 4. The molecule has 0 aromatic heterocycles. The zero-order chi connectivity index (χ0) is 71.0. The Balaban J connectivity index is 5.25. The molecule has 96 heavy (non-hydrogen) atoms. The van der Waals surface area contributed by atoms with Crippen LogP contribution in [0.25, 0.3) is 0 Å². The first-order chi connectivity index (χ1) is 46.1. The minimum Gasteiger partial charge on any atom is -0.462 e. The average molecular weight is 1410 g/mol. The van der Waals surface area contributed by atoms with Crippen molar-refractivity contribution in [2.75, 3.05) is 39.6 Å². The molecule has 0 saturated carbocycles. The molecule has 3 unspecified atom stereocenters. The third-order valence-electron chi connectivity index (χ3n) is 17.8. The Labute approximate surface area is 588 Å². The third-order valence-corrected chi connectivity index (χ3v) is 19.7. The molecular weight excluding hydrogens is 1260 g/mol. The van der Waals surface area contributed by atoms with Crippen LogP contribution in [0.5, 0.6) is 0 Å².